The van der Waals surface area contributed by atoms with Crippen molar-refractivity contribution in [1.82, 2.24) is 5.32 Å². The van der Waals surface area contributed by atoms with Crippen LogP contribution in [0.15, 0.2) is 60.8 Å². The molecule has 0 aromatic carbocycles. The molecule has 0 aromatic rings. The first kappa shape index (κ1) is 50.0. The van der Waals surface area contributed by atoms with Gasteiger partial charge in [-0.25, -0.2) is 0 Å². The molecule has 0 spiro atoms. The highest BCUT2D eigenvalue weighted by Crippen LogP contribution is 2.13. The van der Waals surface area contributed by atoms with E-state index in [2.05, 4.69) is 67.8 Å². The third-order valence-electron chi connectivity index (χ3n) is 9.39. The van der Waals surface area contributed by atoms with Crippen molar-refractivity contribution in [2.24, 2.45) is 0 Å². The van der Waals surface area contributed by atoms with Crippen molar-refractivity contribution in [3.63, 3.8) is 0 Å². The fourth-order valence-electron chi connectivity index (χ4n) is 6.16. The molecule has 1 amide bonds. The van der Waals surface area contributed by atoms with Crippen molar-refractivity contribution >= 4 is 16.0 Å². The summed E-state index contributed by atoms with van der Waals surface area (Å²) in [7, 11) is -4.36. The number of allylic oxidation sites excluding steroid dienone is 9. The molecule has 0 fully saturated rings. The molecule has 0 bridgehead atoms. The number of unbranched alkanes of at least 4 members (excludes halogenated alkanes) is 22. The highest BCUT2D eigenvalue weighted by Gasteiger charge is 2.24. The maximum atomic E-state index is 12.5. The molecule has 0 saturated heterocycles. The van der Waals surface area contributed by atoms with Crippen LogP contribution in [0.1, 0.15) is 200 Å². The first-order valence-electron chi connectivity index (χ1n) is 21.5. The monoisotopic (exact) mass is 748 g/mol. The molecule has 2 atom stereocenters. The predicted molar refractivity (Wildman–Crippen MR) is 225 cm³/mol. The van der Waals surface area contributed by atoms with Gasteiger partial charge in [-0.15, -0.1) is 0 Å². The maximum absolute atomic E-state index is 12.5. The van der Waals surface area contributed by atoms with E-state index in [4.69, 9.17) is 0 Å². The summed E-state index contributed by atoms with van der Waals surface area (Å²) in [6.45, 7) is 4.50. The van der Waals surface area contributed by atoms with Crippen LogP contribution < -0.4 is 5.32 Å². The van der Waals surface area contributed by atoms with E-state index >= 15 is 0 Å². The maximum Gasteiger partial charge on any atom is 0.267 e. The van der Waals surface area contributed by atoms with Crippen LogP contribution in [0, 0.1) is 0 Å². The number of hydrogen-bond donors (Lipinski definition) is 3. The van der Waals surface area contributed by atoms with Gasteiger partial charge in [0.1, 0.15) is 0 Å². The van der Waals surface area contributed by atoms with Crippen molar-refractivity contribution in [3.05, 3.63) is 60.8 Å². The lowest BCUT2D eigenvalue weighted by atomic mass is 10.1. The van der Waals surface area contributed by atoms with Gasteiger partial charge < -0.3 is 10.4 Å². The minimum Gasteiger partial charge on any atom is -0.387 e. The lowest BCUT2D eigenvalue weighted by Gasteiger charge is -2.21. The normalized spacial score (nSPS) is 13.8. The third-order valence-corrected chi connectivity index (χ3v) is 10.2. The highest BCUT2D eigenvalue weighted by molar-refractivity contribution is 7.85. The van der Waals surface area contributed by atoms with E-state index in [9.17, 15) is 22.9 Å². The van der Waals surface area contributed by atoms with Gasteiger partial charge in [0.15, 0.2) is 0 Å². The van der Waals surface area contributed by atoms with Gasteiger partial charge in [-0.3, -0.25) is 9.35 Å². The Morgan fingerprint density at radius 1 is 0.519 bits per heavy atom. The van der Waals surface area contributed by atoms with E-state index in [0.717, 1.165) is 51.4 Å². The minimum atomic E-state index is -4.36. The summed E-state index contributed by atoms with van der Waals surface area (Å²) >= 11 is 0. The van der Waals surface area contributed by atoms with Crippen molar-refractivity contribution in [3.8, 4) is 0 Å². The molecule has 6 nitrogen and oxygen atoms in total. The van der Waals surface area contributed by atoms with Crippen LogP contribution in [0.3, 0.4) is 0 Å². The topological polar surface area (TPSA) is 104 Å². The molecule has 0 aliphatic rings. The van der Waals surface area contributed by atoms with Gasteiger partial charge in [-0.05, 0) is 77.0 Å². The number of aliphatic hydroxyl groups excluding tert-OH is 1. The van der Waals surface area contributed by atoms with Gasteiger partial charge in [0.2, 0.25) is 5.91 Å². The Labute approximate surface area is 321 Å². The lowest BCUT2D eigenvalue weighted by molar-refractivity contribution is -0.122. The summed E-state index contributed by atoms with van der Waals surface area (Å²) in [4.78, 5) is 12.5. The smallest absolute Gasteiger partial charge is 0.267 e. The van der Waals surface area contributed by atoms with Gasteiger partial charge in [0.05, 0.1) is 17.9 Å². The number of hydrogen-bond acceptors (Lipinski definition) is 4. The zero-order valence-electron chi connectivity index (χ0n) is 33.7. The number of amides is 1. The van der Waals surface area contributed by atoms with E-state index < -0.39 is 28.0 Å². The van der Waals surface area contributed by atoms with Crippen molar-refractivity contribution in [2.45, 2.75) is 212 Å². The minimum absolute atomic E-state index is 0.278. The van der Waals surface area contributed by atoms with E-state index in [1.807, 2.05) is 0 Å². The molecule has 0 aliphatic carbocycles. The summed E-state index contributed by atoms with van der Waals surface area (Å²) in [6.07, 6.45) is 53.5. The Bertz CT molecular complexity index is 1050. The molecule has 0 aliphatic heterocycles. The van der Waals surface area contributed by atoms with Gasteiger partial charge in [-0.1, -0.05) is 177 Å². The van der Waals surface area contributed by atoms with Crippen LogP contribution >= 0.6 is 0 Å². The number of aliphatic hydroxyl groups is 1. The summed E-state index contributed by atoms with van der Waals surface area (Å²) < 4.78 is 32.5. The van der Waals surface area contributed by atoms with E-state index in [1.165, 1.54) is 128 Å². The average molecular weight is 748 g/mol. The van der Waals surface area contributed by atoms with Crippen LogP contribution in [0.4, 0.5) is 0 Å². The molecule has 0 heterocycles. The fourth-order valence-corrected chi connectivity index (χ4v) is 6.89. The van der Waals surface area contributed by atoms with Gasteiger partial charge in [0, 0.05) is 6.42 Å². The Kier molecular flexibility index (Phi) is 37.3. The summed E-state index contributed by atoms with van der Waals surface area (Å²) in [5, 5.41) is 13.2. The number of nitrogens with one attached hydrogen (secondary N) is 1. The van der Waals surface area contributed by atoms with E-state index in [0.29, 0.717) is 6.42 Å². The Morgan fingerprint density at radius 3 is 1.33 bits per heavy atom. The molecule has 0 aromatic heterocycles. The second-order valence-corrected chi connectivity index (χ2v) is 16.1. The summed E-state index contributed by atoms with van der Waals surface area (Å²) in [5.74, 6) is -1.02. The second kappa shape index (κ2) is 38.8. The van der Waals surface area contributed by atoms with Crippen LogP contribution in [0.2, 0.25) is 0 Å². The van der Waals surface area contributed by atoms with Crippen molar-refractivity contribution < 1.29 is 22.9 Å². The molecule has 52 heavy (non-hydrogen) atoms. The van der Waals surface area contributed by atoms with Gasteiger partial charge >= 0.3 is 0 Å². The Balaban J connectivity index is 3.97. The number of carbonyl (C=O) groups excluding carboxylic acids is 1. The van der Waals surface area contributed by atoms with Crippen LogP contribution in [-0.2, 0) is 14.9 Å². The van der Waals surface area contributed by atoms with Gasteiger partial charge in [0.25, 0.3) is 10.1 Å². The van der Waals surface area contributed by atoms with Crippen molar-refractivity contribution in [1.29, 1.82) is 0 Å². The number of rotatable bonds is 38. The third kappa shape index (κ3) is 39.3. The fraction of sp³-hybridized carbons (Fsp3) is 0.756. The summed E-state index contributed by atoms with van der Waals surface area (Å²) in [6, 6.07) is -1.08. The molecule has 0 radical (unpaired) electrons. The summed E-state index contributed by atoms with van der Waals surface area (Å²) in [5.41, 5.74) is 0. The zero-order chi connectivity index (χ0) is 38.2. The quantitative estimate of drug-likeness (QED) is 0.0331. The SMILES string of the molecule is CCCCCCC/C=C\C/C=C\CCCCCCCCCCCC(=O)NC(CS(=O)(=O)O)C(O)/C=C/CC/C=C/CC/C=C/CCCCCCCC. The largest absolute Gasteiger partial charge is 0.387 e. The van der Waals surface area contributed by atoms with Crippen LogP contribution in [-0.4, -0.2) is 41.9 Å². The molecule has 2 unspecified atom stereocenters. The second-order valence-electron chi connectivity index (χ2n) is 14.6. The predicted octanol–water partition coefficient (Wildman–Crippen LogP) is 12.9. The molecule has 0 rings (SSSR count). The van der Waals surface area contributed by atoms with E-state index in [1.54, 1.807) is 6.08 Å². The zero-order valence-corrected chi connectivity index (χ0v) is 34.5. The molecule has 0 saturated carbocycles. The Morgan fingerprint density at radius 2 is 0.885 bits per heavy atom. The molecule has 3 N–H and O–H groups in total. The lowest BCUT2D eigenvalue weighted by Crippen LogP contribution is -2.46. The first-order valence-corrected chi connectivity index (χ1v) is 23.1. The standard InChI is InChI=1S/C45H81NO5S/c1-3-5-7-9-11-13-15-17-19-21-22-23-24-25-27-29-31-33-35-37-39-41-45(48)46-43(42-52(49,50)51)44(47)40-38-36-34-32-30-28-26-20-18-16-14-12-10-8-6-4-2/h15,17-18,20-22,30,32,38,40,43-44,47H,3-14,16,19,23-29,31,33-37,39,41-42H2,1-2H3,(H,46,48)(H,49,50,51)/b17-15-,20-18+,22-21-,32-30+,40-38+. The van der Waals surface area contributed by atoms with Crippen molar-refractivity contribution in [2.75, 3.05) is 5.75 Å². The number of carbonyl (C=O) groups is 1. The molecular weight excluding hydrogens is 667 g/mol. The van der Waals surface area contributed by atoms with Crippen LogP contribution in [0.25, 0.3) is 0 Å². The van der Waals surface area contributed by atoms with Crippen LogP contribution in [0.5, 0.6) is 0 Å². The molecule has 302 valence electrons. The highest BCUT2D eigenvalue weighted by atomic mass is 32.2. The Hall–Kier alpha value is -1.96. The molecule has 7 heteroatoms. The first-order chi connectivity index (χ1) is 25.3. The average Bonchev–Trinajstić information content (AvgIpc) is 3.11. The molecular formula is C45H81NO5S. The van der Waals surface area contributed by atoms with Gasteiger partial charge in [-0.2, -0.15) is 8.42 Å². The van der Waals surface area contributed by atoms with E-state index in [-0.39, 0.29) is 12.3 Å².